The van der Waals surface area contributed by atoms with Gasteiger partial charge in [-0.15, -0.1) is 0 Å². The van der Waals surface area contributed by atoms with Crippen molar-refractivity contribution in [3.8, 4) is 0 Å². The monoisotopic (exact) mass is 230 g/mol. The van der Waals surface area contributed by atoms with Gasteiger partial charge in [0, 0.05) is 6.61 Å². The minimum atomic E-state index is 0.0320. The van der Waals surface area contributed by atoms with Gasteiger partial charge in [-0.25, -0.2) is 0 Å². The Morgan fingerprint density at radius 1 is 1.35 bits per heavy atom. The van der Waals surface area contributed by atoms with Gasteiger partial charge in [-0.05, 0) is 37.7 Å². The van der Waals surface area contributed by atoms with Gasteiger partial charge in [0.05, 0.1) is 6.61 Å². The molecule has 17 heavy (non-hydrogen) atoms. The molecule has 0 bridgehead atoms. The van der Waals surface area contributed by atoms with E-state index >= 15 is 0 Å². The largest absolute Gasteiger partial charge is 0.353 e. The predicted molar refractivity (Wildman–Crippen MR) is 69.7 cm³/mol. The van der Waals surface area contributed by atoms with E-state index in [1.165, 1.54) is 18.4 Å². The molecule has 1 heterocycles. The highest BCUT2D eigenvalue weighted by Crippen LogP contribution is 2.14. The molecule has 0 aliphatic carbocycles. The summed E-state index contributed by atoms with van der Waals surface area (Å²) in [6, 6.07) is 8.04. The van der Waals surface area contributed by atoms with Crippen LogP contribution in [0.1, 0.15) is 31.2 Å². The number of benzene rings is 1. The molecule has 90 valence electrons. The van der Waals surface area contributed by atoms with Crippen molar-refractivity contribution in [2.24, 2.45) is 0 Å². The van der Waals surface area contributed by atoms with Crippen LogP contribution in [0.2, 0.25) is 0 Å². The Morgan fingerprint density at radius 3 is 3.06 bits per heavy atom. The van der Waals surface area contributed by atoms with Gasteiger partial charge >= 0.3 is 0 Å². The highest BCUT2D eigenvalue weighted by molar-refractivity contribution is 6.32. The molecular formula is C14H19BO2. The fourth-order valence-corrected chi connectivity index (χ4v) is 2.08. The highest BCUT2D eigenvalue weighted by atomic mass is 16.7. The second-order valence-corrected chi connectivity index (χ2v) is 4.52. The molecule has 0 N–H and O–H groups in total. The normalized spacial score (nSPS) is 20.4. The third kappa shape index (κ3) is 4.53. The molecular weight excluding hydrogens is 211 g/mol. The van der Waals surface area contributed by atoms with Crippen LogP contribution in [0.3, 0.4) is 0 Å². The molecule has 0 aromatic heterocycles. The Morgan fingerprint density at radius 2 is 2.29 bits per heavy atom. The van der Waals surface area contributed by atoms with Gasteiger partial charge in [0.15, 0.2) is 6.29 Å². The summed E-state index contributed by atoms with van der Waals surface area (Å²) in [6.45, 7) is 1.61. The molecule has 1 aromatic carbocycles. The topological polar surface area (TPSA) is 18.5 Å². The van der Waals surface area contributed by atoms with Gasteiger partial charge in [0.1, 0.15) is 7.85 Å². The van der Waals surface area contributed by atoms with Gasteiger partial charge in [-0.3, -0.25) is 0 Å². The lowest BCUT2D eigenvalue weighted by Crippen LogP contribution is -2.22. The smallest absolute Gasteiger partial charge is 0.157 e. The molecule has 1 aliphatic heterocycles. The summed E-state index contributed by atoms with van der Waals surface area (Å²) in [5, 5.41) is 0. The predicted octanol–water partition coefficient (Wildman–Crippen LogP) is 1.96. The van der Waals surface area contributed by atoms with Crippen molar-refractivity contribution < 1.29 is 9.47 Å². The molecule has 1 saturated heterocycles. The van der Waals surface area contributed by atoms with E-state index in [4.69, 9.17) is 17.3 Å². The molecule has 2 nitrogen and oxygen atoms in total. The van der Waals surface area contributed by atoms with E-state index in [2.05, 4.69) is 6.07 Å². The van der Waals surface area contributed by atoms with Crippen molar-refractivity contribution in [1.82, 2.24) is 0 Å². The first-order valence-corrected chi connectivity index (χ1v) is 6.42. The Bertz CT molecular complexity index is 335. The first-order valence-electron chi connectivity index (χ1n) is 6.42. The molecule has 3 heteroatoms. The van der Waals surface area contributed by atoms with E-state index in [1.54, 1.807) is 0 Å². The minimum Gasteiger partial charge on any atom is -0.353 e. The van der Waals surface area contributed by atoms with Crippen LogP contribution in [-0.2, 0) is 15.9 Å². The van der Waals surface area contributed by atoms with Crippen molar-refractivity contribution in [2.45, 2.75) is 38.4 Å². The number of rotatable bonds is 5. The second-order valence-electron chi connectivity index (χ2n) is 4.52. The molecule has 2 rings (SSSR count). The van der Waals surface area contributed by atoms with Crippen LogP contribution in [0, 0.1) is 0 Å². The number of ether oxygens (including phenoxy) is 2. The lowest BCUT2D eigenvalue weighted by atomic mass is 9.93. The molecule has 1 fully saturated rings. The van der Waals surface area contributed by atoms with E-state index in [1.807, 2.05) is 18.2 Å². The molecule has 1 unspecified atom stereocenters. The average molecular weight is 230 g/mol. The molecule has 0 saturated carbocycles. The third-order valence-corrected chi connectivity index (χ3v) is 3.00. The van der Waals surface area contributed by atoms with Gasteiger partial charge < -0.3 is 9.47 Å². The zero-order valence-electron chi connectivity index (χ0n) is 10.2. The van der Waals surface area contributed by atoms with Crippen LogP contribution >= 0.6 is 0 Å². The van der Waals surface area contributed by atoms with Crippen molar-refractivity contribution in [1.29, 1.82) is 0 Å². The SMILES string of the molecule is [B]c1cccc(CCCOC2CCCCO2)c1. The fourth-order valence-electron chi connectivity index (χ4n) is 2.08. The van der Waals surface area contributed by atoms with Gasteiger partial charge in [0.2, 0.25) is 0 Å². The summed E-state index contributed by atoms with van der Waals surface area (Å²) in [4.78, 5) is 0. The quantitative estimate of drug-likeness (QED) is 0.568. The first-order chi connectivity index (χ1) is 8.34. The van der Waals surface area contributed by atoms with Gasteiger partial charge in [0.25, 0.3) is 0 Å². The zero-order chi connectivity index (χ0) is 11.9. The molecule has 0 amide bonds. The van der Waals surface area contributed by atoms with Crippen LogP contribution in [-0.4, -0.2) is 27.4 Å². The Kier molecular flexibility index (Phi) is 5.08. The van der Waals surface area contributed by atoms with E-state index < -0.39 is 0 Å². The van der Waals surface area contributed by atoms with E-state index in [-0.39, 0.29) is 6.29 Å². The summed E-state index contributed by atoms with van der Waals surface area (Å²) < 4.78 is 11.2. The summed E-state index contributed by atoms with van der Waals surface area (Å²) in [5.74, 6) is 0. The second kappa shape index (κ2) is 6.82. The van der Waals surface area contributed by atoms with Crippen LogP contribution in [0.15, 0.2) is 24.3 Å². The van der Waals surface area contributed by atoms with E-state index in [9.17, 15) is 0 Å². The minimum absolute atomic E-state index is 0.0320. The van der Waals surface area contributed by atoms with Gasteiger partial charge in [-0.1, -0.05) is 29.7 Å². The lowest BCUT2D eigenvalue weighted by molar-refractivity contribution is -0.162. The molecule has 1 aliphatic rings. The van der Waals surface area contributed by atoms with Crippen molar-refractivity contribution >= 4 is 13.3 Å². The number of hydrogen-bond donors (Lipinski definition) is 0. The van der Waals surface area contributed by atoms with Gasteiger partial charge in [-0.2, -0.15) is 0 Å². The first kappa shape index (κ1) is 12.7. The van der Waals surface area contributed by atoms with Crippen molar-refractivity contribution in [2.75, 3.05) is 13.2 Å². The maximum atomic E-state index is 5.73. The maximum absolute atomic E-state index is 5.73. The zero-order valence-corrected chi connectivity index (χ0v) is 10.2. The third-order valence-electron chi connectivity index (χ3n) is 3.00. The van der Waals surface area contributed by atoms with Crippen LogP contribution < -0.4 is 5.46 Å². The van der Waals surface area contributed by atoms with Crippen LogP contribution in [0.4, 0.5) is 0 Å². The fraction of sp³-hybridized carbons (Fsp3) is 0.571. The maximum Gasteiger partial charge on any atom is 0.157 e. The summed E-state index contributed by atoms with van der Waals surface area (Å²) in [6.07, 6.45) is 5.49. The van der Waals surface area contributed by atoms with E-state index in [0.717, 1.165) is 37.9 Å². The number of hydrogen-bond acceptors (Lipinski definition) is 2. The van der Waals surface area contributed by atoms with Crippen molar-refractivity contribution in [3.63, 3.8) is 0 Å². The molecule has 2 radical (unpaired) electrons. The van der Waals surface area contributed by atoms with Crippen molar-refractivity contribution in [3.05, 3.63) is 29.8 Å². The Labute approximate surface area is 105 Å². The standard InChI is InChI=1S/C14H19BO2/c15-13-7-3-5-12(11-13)6-4-10-17-14-8-1-2-9-16-14/h3,5,7,11,14H,1-2,4,6,8-10H2. The summed E-state index contributed by atoms with van der Waals surface area (Å²) in [7, 11) is 5.73. The molecule has 0 spiro atoms. The van der Waals surface area contributed by atoms with Crippen LogP contribution in [0.5, 0.6) is 0 Å². The van der Waals surface area contributed by atoms with E-state index in [0.29, 0.717) is 0 Å². The Balaban J connectivity index is 1.62. The highest BCUT2D eigenvalue weighted by Gasteiger charge is 2.13. The molecule has 1 atom stereocenters. The lowest BCUT2D eigenvalue weighted by Gasteiger charge is -2.22. The summed E-state index contributed by atoms with van der Waals surface area (Å²) >= 11 is 0. The Hall–Kier alpha value is -0.795. The molecule has 1 aromatic rings. The summed E-state index contributed by atoms with van der Waals surface area (Å²) in [5.41, 5.74) is 2.11. The average Bonchev–Trinajstić information content (AvgIpc) is 2.36. The number of aryl methyl sites for hydroxylation is 1. The van der Waals surface area contributed by atoms with Crippen LogP contribution in [0.25, 0.3) is 0 Å².